The molecule has 0 unspecified atom stereocenters. The van der Waals surface area contributed by atoms with Gasteiger partial charge in [-0.25, -0.2) is 9.97 Å². The summed E-state index contributed by atoms with van der Waals surface area (Å²) in [6, 6.07) is 3.74. The quantitative estimate of drug-likeness (QED) is 0.521. The number of thioether (sulfide) groups is 6. The summed E-state index contributed by atoms with van der Waals surface area (Å²) >= 11 is 10.7. The number of fused-ring (bicyclic) bond motifs is 2. The molecule has 3 heterocycles. The third kappa shape index (κ3) is 3.33. The van der Waals surface area contributed by atoms with Gasteiger partial charge in [0, 0.05) is 0 Å². The molecule has 136 valence electrons. The predicted molar refractivity (Wildman–Crippen MR) is 121 cm³/mol. The van der Waals surface area contributed by atoms with Crippen molar-refractivity contribution in [3.05, 3.63) is 29.1 Å². The highest BCUT2D eigenvalue weighted by atomic mass is 32.3. The third-order valence-electron chi connectivity index (χ3n) is 3.58. The molecule has 0 atom stereocenters. The minimum absolute atomic E-state index is 0.712. The first-order valence-corrected chi connectivity index (χ1v) is 13.1. The number of methoxy groups -OCH3 is 2. The Labute approximate surface area is 177 Å². The summed E-state index contributed by atoms with van der Waals surface area (Å²) in [7, 11) is 3.30. The van der Waals surface area contributed by atoms with Gasteiger partial charge in [0.1, 0.15) is 32.6 Å². The lowest BCUT2D eigenvalue weighted by molar-refractivity contribution is 0.408. The Balaban J connectivity index is 1.74. The molecule has 2 aromatic rings. The van der Waals surface area contributed by atoms with Crippen molar-refractivity contribution in [2.75, 3.05) is 26.7 Å². The van der Waals surface area contributed by atoms with Crippen LogP contribution in [0.25, 0.3) is 11.0 Å². The Morgan fingerprint density at radius 3 is 1.54 bits per heavy atom. The fourth-order valence-electron chi connectivity index (χ4n) is 2.41. The van der Waals surface area contributed by atoms with Gasteiger partial charge in [0.05, 0.1) is 31.2 Å². The number of ether oxygens (including phenoxy) is 2. The van der Waals surface area contributed by atoms with Crippen LogP contribution in [0.5, 0.6) is 11.5 Å². The van der Waals surface area contributed by atoms with Crippen molar-refractivity contribution >= 4 is 81.6 Å². The monoisotopic (exact) mass is 458 g/mol. The number of hydrogen-bond acceptors (Lipinski definition) is 10. The molecule has 4 rings (SSSR count). The minimum Gasteiger partial charge on any atom is -0.494 e. The molecule has 10 heteroatoms. The summed E-state index contributed by atoms with van der Waals surface area (Å²) in [5.74, 6) is 1.42. The van der Waals surface area contributed by atoms with Gasteiger partial charge in [0.2, 0.25) is 0 Å². The Hall–Kier alpha value is -0.260. The zero-order valence-electron chi connectivity index (χ0n) is 14.3. The molecule has 0 saturated carbocycles. The van der Waals surface area contributed by atoms with E-state index < -0.39 is 0 Å². The van der Waals surface area contributed by atoms with Gasteiger partial charge in [-0.15, -0.1) is 23.5 Å². The van der Waals surface area contributed by atoms with E-state index in [1.807, 2.05) is 59.2 Å². The molecule has 2 aliphatic rings. The van der Waals surface area contributed by atoms with E-state index >= 15 is 0 Å². The van der Waals surface area contributed by atoms with Crippen LogP contribution in [0, 0.1) is 0 Å². The van der Waals surface area contributed by atoms with Crippen molar-refractivity contribution in [1.82, 2.24) is 9.97 Å². The fraction of sp³-hybridized carbons (Fsp3) is 0.250. The van der Waals surface area contributed by atoms with Gasteiger partial charge >= 0.3 is 0 Å². The summed E-state index contributed by atoms with van der Waals surface area (Å²) in [6.07, 6.45) is 4.26. The van der Waals surface area contributed by atoms with Gasteiger partial charge in [0.25, 0.3) is 0 Å². The molecule has 0 aliphatic carbocycles. The van der Waals surface area contributed by atoms with Crippen molar-refractivity contribution in [2.24, 2.45) is 0 Å². The van der Waals surface area contributed by atoms with Crippen LogP contribution in [0.3, 0.4) is 0 Å². The van der Waals surface area contributed by atoms with E-state index in [0.29, 0.717) is 11.5 Å². The van der Waals surface area contributed by atoms with Crippen molar-refractivity contribution in [3.8, 4) is 11.5 Å². The minimum atomic E-state index is 0.712. The SMILES string of the molecule is COc1ccc(OC)c2nc3c(nc12)SC(=C1SC(SC)=C(SC)S1)S3. The molecule has 1 aromatic carbocycles. The van der Waals surface area contributed by atoms with Crippen LogP contribution in [0.4, 0.5) is 0 Å². The average Bonchev–Trinajstić information content (AvgIpc) is 3.28. The summed E-state index contributed by atoms with van der Waals surface area (Å²) < 4.78 is 16.2. The van der Waals surface area contributed by atoms with E-state index in [-0.39, 0.29) is 0 Å². The van der Waals surface area contributed by atoms with Gasteiger partial charge in [-0.3, -0.25) is 0 Å². The number of benzene rings is 1. The first kappa shape index (κ1) is 19.1. The Morgan fingerprint density at radius 1 is 0.731 bits per heavy atom. The van der Waals surface area contributed by atoms with E-state index in [2.05, 4.69) is 12.5 Å². The molecule has 0 saturated heterocycles. The van der Waals surface area contributed by atoms with E-state index in [9.17, 15) is 0 Å². The fourth-order valence-corrected chi connectivity index (χ4v) is 10.0. The summed E-state index contributed by atoms with van der Waals surface area (Å²) in [5.41, 5.74) is 1.48. The number of rotatable bonds is 4. The summed E-state index contributed by atoms with van der Waals surface area (Å²) in [6.45, 7) is 0. The van der Waals surface area contributed by atoms with Crippen LogP contribution in [-0.2, 0) is 0 Å². The van der Waals surface area contributed by atoms with Crippen molar-refractivity contribution in [1.29, 1.82) is 0 Å². The molecule has 2 aliphatic heterocycles. The molecule has 0 radical (unpaired) electrons. The molecule has 0 N–H and O–H groups in total. The summed E-state index contributed by atoms with van der Waals surface area (Å²) in [5, 5.41) is 1.86. The average molecular weight is 459 g/mol. The highest BCUT2D eigenvalue weighted by molar-refractivity contribution is 8.41. The van der Waals surface area contributed by atoms with Crippen molar-refractivity contribution in [3.63, 3.8) is 0 Å². The summed E-state index contributed by atoms with van der Waals surface area (Å²) in [4.78, 5) is 9.67. The van der Waals surface area contributed by atoms with Crippen LogP contribution in [-0.4, -0.2) is 36.7 Å². The number of nitrogens with zero attached hydrogens (tertiary/aromatic N) is 2. The first-order chi connectivity index (χ1) is 12.7. The Bertz CT molecular complexity index is 887. The predicted octanol–water partition coefficient (Wildman–Crippen LogP) is 6.30. The number of aromatic nitrogens is 2. The van der Waals surface area contributed by atoms with E-state index in [1.54, 1.807) is 37.7 Å². The van der Waals surface area contributed by atoms with Crippen LogP contribution < -0.4 is 9.47 Å². The Morgan fingerprint density at radius 2 is 1.15 bits per heavy atom. The molecule has 0 amide bonds. The maximum Gasteiger partial charge on any atom is 0.147 e. The van der Waals surface area contributed by atoms with Crippen LogP contribution in [0.1, 0.15) is 0 Å². The molecule has 26 heavy (non-hydrogen) atoms. The third-order valence-corrected chi connectivity index (χ3v) is 11.7. The molecule has 1 aromatic heterocycles. The standard InChI is InChI=1S/C16H14N2O2S6/c1-19-7-5-6-8(20-2)10-9(7)17-11-12(18-10)24-15(23-11)16-25-13(21-3)14(22-4)26-16/h5-6H,1-4H3. The van der Waals surface area contributed by atoms with Crippen LogP contribution in [0.15, 0.2) is 39.1 Å². The smallest absolute Gasteiger partial charge is 0.147 e. The zero-order chi connectivity index (χ0) is 18.3. The lowest BCUT2D eigenvalue weighted by atomic mass is 10.2. The maximum absolute atomic E-state index is 5.46. The lowest BCUT2D eigenvalue weighted by Gasteiger charge is -2.09. The van der Waals surface area contributed by atoms with Gasteiger partial charge in [-0.05, 0) is 24.6 Å². The van der Waals surface area contributed by atoms with Crippen molar-refractivity contribution < 1.29 is 9.47 Å². The van der Waals surface area contributed by atoms with E-state index in [4.69, 9.17) is 19.4 Å². The van der Waals surface area contributed by atoms with Gasteiger partial charge in [-0.2, -0.15) is 0 Å². The largest absolute Gasteiger partial charge is 0.494 e. The molecular weight excluding hydrogens is 445 g/mol. The van der Waals surface area contributed by atoms with Gasteiger partial charge in [0.15, 0.2) is 0 Å². The van der Waals surface area contributed by atoms with Crippen LogP contribution in [0.2, 0.25) is 0 Å². The molecule has 0 spiro atoms. The topological polar surface area (TPSA) is 44.2 Å². The van der Waals surface area contributed by atoms with Crippen molar-refractivity contribution in [2.45, 2.75) is 10.1 Å². The van der Waals surface area contributed by atoms with Crippen LogP contribution >= 0.6 is 70.6 Å². The normalized spacial score (nSPS) is 16.6. The first-order valence-electron chi connectivity index (χ1n) is 7.39. The van der Waals surface area contributed by atoms with Gasteiger partial charge < -0.3 is 9.47 Å². The zero-order valence-corrected chi connectivity index (χ0v) is 19.2. The second kappa shape index (κ2) is 8.00. The van der Waals surface area contributed by atoms with E-state index in [1.165, 1.54) is 16.9 Å². The molecular formula is C16H14N2O2S6. The highest BCUT2D eigenvalue weighted by Gasteiger charge is 2.30. The Kier molecular flexibility index (Phi) is 5.87. The molecule has 0 bridgehead atoms. The lowest BCUT2D eigenvalue weighted by Crippen LogP contribution is -1.95. The highest BCUT2D eigenvalue weighted by Crippen LogP contribution is 2.63. The maximum atomic E-state index is 5.46. The van der Waals surface area contributed by atoms with Gasteiger partial charge in [-0.1, -0.05) is 47.0 Å². The molecule has 0 fully saturated rings. The van der Waals surface area contributed by atoms with E-state index in [0.717, 1.165) is 21.1 Å². The number of hydrogen-bond donors (Lipinski definition) is 0. The molecule has 4 nitrogen and oxygen atoms in total. The second-order valence-corrected chi connectivity index (χ2v) is 11.7. The second-order valence-electron chi connectivity index (χ2n) is 4.97.